The van der Waals surface area contributed by atoms with Crippen LogP contribution in [0.5, 0.6) is 0 Å². The number of unbranched alkanes of at least 4 members (excludes halogenated alkanes) is 1. The average Bonchev–Trinajstić information content (AvgIpc) is 2.77. The van der Waals surface area contributed by atoms with E-state index in [1.165, 1.54) is 18.2 Å². The Labute approximate surface area is 183 Å². The Morgan fingerprint density at radius 2 is 1.60 bits per heavy atom. The van der Waals surface area contributed by atoms with Crippen molar-refractivity contribution in [2.75, 3.05) is 12.4 Å². The van der Waals surface area contributed by atoms with Crippen molar-refractivity contribution in [3.05, 3.63) is 60.2 Å². The lowest BCUT2D eigenvalue weighted by molar-refractivity contribution is -0.144. The van der Waals surface area contributed by atoms with Crippen molar-refractivity contribution in [1.82, 2.24) is 0 Å². The highest BCUT2D eigenvalue weighted by atomic mass is 32.2. The topological polar surface area (TPSA) is 43.4 Å². The van der Waals surface area contributed by atoms with Crippen LogP contribution < -0.4 is 0 Å². The predicted molar refractivity (Wildman–Crippen MR) is 127 cm³/mol. The molecule has 0 saturated carbocycles. The largest absolute Gasteiger partial charge is 0.465 e. The minimum Gasteiger partial charge on any atom is -0.465 e. The summed E-state index contributed by atoms with van der Waals surface area (Å²) in [5.41, 5.74) is 0.729. The van der Waals surface area contributed by atoms with Gasteiger partial charge in [-0.3, -0.25) is 9.59 Å². The number of esters is 1. The zero-order valence-corrected chi connectivity index (χ0v) is 18.7. The molecule has 0 aliphatic heterocycles. The number of rotatable bonds is 10. The van der Waals surface area contributed by atoms with Crippen molar-refractivity contribution in [3.63, 3.8) is 0 Å². The molecular weight excluding hydrogens is 392 g/mol. The van der Waals surface area contributed by atoms with Crippen LogP contribution in [-0.4, -0.2) is 23.4 Å². The Morgan fingerprint density at radius 3 is 2.20 bits per heavy atom. The van der Waals surface area contributed by atoms with E-state index in [4.69, 9.17) is 4.74 Å². The van der Waals surface area contributed by atoms with Crippen molar-refractivity contribution in [2.24, 2.45) is 5.92 Å². The fourth-order valence-electron chi connectivity index (χ4n) is 3.71. The molecular formula is C26H30O3S. The molecule has 0 heterocycles. The van der Waals surface area contributed by atoms with E-state index in [1.54, 1.807) is 0 Å². The van der Waals surface area contributed by atoms with Crippen LogP contribution in [0.2, 0.25) is 0 Å². The van der Waals surface area contributed by atoms with E-state index in [0.29, 0.717) is 18.3 Å². The lowest BCUT2D eigenvalue weighted by Gasteiger charge is -2.14. The molecule has 1 unspecified atom stereocenters. The van der Waals surface area contributed by atoms with E-state index < -0.39 is 0 Å². The van der Waals surface area contributed by atoms with Crippen LogP contribution in [0.1, 0.15) is 56.3 Å². The van der Waals surface area contributed by atoms with Crippen molar-refractivity contribution in [3.8, 4) is 0 Å². The zero-order valence-electron chi connectivity index (χ0n) is 17.9. The molecule has 3 nitrogen and oxygen atoms in total. The summed E-state index contributed by atoms with van der Waals surface area (Å²) in [6.07, 6.45) is 4.70. The maximum atomic E-state index is 13.1. The first-order valence-electron chi connectivity index (χ1n) is 10.9. The number of ether oxygens (including phenoxy) is 1. The third-order valence-corrected chi connectivity index (χ3v) is 6.41. The van der Waals surface area contributed by atoms with Gasteiger partial charge in [-0.25, -0.2) is 0 Å². The van der Waals surface area contributed by atoms with Crippen molar-refractivity contribution in [1.29, 1.82) is 0 Å². The van der Waals surface area contributed by atoms with E-state index in [9.17, 15) is 9.59 Å². The van der Waals surface area contributed by atoms with Crippen LogP contribution in [0, 0.1) is 5.92 Å². The summed E-state index contributed by atoms with van der Waals surface area (Å²) in [5, 5.41) is 4.02. The van der Waals surface area contributed by atoms with Gasteiger partial charge in [0.05, 0.1) is 13.0 Å². The first-order chi connectivity index (χ1) is 14.6. The number of thioether (sulfide) groups is 1. The highest BCUT2D eigenvalue weighted by Crippen LogP contribution is 2.31. The van der Waals surface area contributed by atoms with Crippen molar-refractivity contribution in [2.45, 2.75) is 46.0 Å². The van der Waals surface area contributed by atoms with Gasteiger partial charge in [-0.05, 0) is 39.9 Å². The van der Waals surface area contributed by atoms with Gasteiger partial charge in [0.2, 0.25) is 5.12 Å². The number of fused-ring (bicyclic) bond motifs is 2. The van der Waals surface area contributed by atoms with Crippen LogP contribution in [0.25, 0.3) is 21.5 Å². The summed E-state index contributed by atoms with van der Waals surface area (Å²) in [6.45, 7) is 4.80. The van der Waals surface area contributed by atoms with Gasteiger partial charge in [-0.15, -0.1) is 0 Å². The molecule has 4 heteroatoms. The molecule has 3 aromatic rings. The van der Waals surface area contributed by atoms with Gasteiger partial charge in [-0.1, -0.05) is 93.4 Å². The third-order valence-electron chi connectivity index (χ3n) is 5.54. The lowest BCUT2D eigenvalue weighted by Crippen LogP contribution is -2.14. The van der Waals surface area contributed by atoms with Gasteiger partial charge in [0, 0.05) is 11.3 Å². The summed E-state index contributed by atoms with van der Waals surface area (Å²) in [6, 6.07) is 18.0. The van der Waals surface area contributed by atoms with Gasteiger partial charge < -0.3 is 4.74 Å². The molecule has 0 aliphatic rings. The highest BCUT2D eigenvalue weighted by molar-refractivity contribution is 8.14. The van der Waals surface area contributed by atoms with Gasteiger partial charge in [-0.2, -0.15) is 0 Å². The van der Waals surface area contributed by atoms with E-state index in [1.807, 2.05) is 48.5 Å². The lowest BCUT2D eigenvalue weighted by atomic mass is 9.97. The van der Waals surface area contributed by atoms with Crippen LogP contribution >= 0.6 is 11.8 Å². The van der Waals surface area contributed by atoms with Crippen molar-refractivity contribution >= 4 is 44.4 Å². The molecule has 0 saturated heterocycles. The molecule has 30 heavy (non-hydrogen) atoms. The molecule has 0 spiro atoms. The Bertz CT molecular complexity index is 958. The monoisotopic (exact) mass is 422 g/mol. The molecule has 0 N–H and O–H groups in total. The molecule has 0 aliphatic carbocycles. The molecule has 3 aromatic carbocycles. The summed E-state index contributed by atoms with van der Waals surface area (Å²) in [4.78, 5) is 25.2. The number of hydrogen-bond acceptors (Lipinski definition) is 4. The summed E-state index contributed by atoms with van der Waals surface area (Å²) >= 11 is 1.20. The summed E-state index contributed by atoms with van der Waals surface area (Å²) in [7, 11) is 0. The number of carbonyl (C=O) groups is 2. The van der Waals surface area contributed by atoms with E-state index >= 15 is 0 Å². The molecule has 0 radical (unpaired) electrons. The van der Waals surface area contributed by atoms with Gasteiger partial charge in [0.25, 0.3) is 0 Å². The van der Waals surface area contributed by atoms with E-state index in [2.05, 4.69) is 19.9 Å². The Morgan fingerprint density at radius 1 is 0.967 bits per heavy atom. The van der Waals surface area contributed by atoms with Gasteiger partial charge >= 0.3 is 5.97 Å². The standard InChI is InChI=1S/C26H30O3S/c1-3-5-10-19(4-2)18-29-24(27)15-16-30-26(28)25-22-13-8-6-11-20(22)17-21-12-7-9-14-23(21)25/h6-9,11-14,17,19H,3-5,10,15-16,18H2,1-2H3. The van der Waals surface area contributed by atoms with E-state index in [0.717, 1.165) is 46.4 Å². The fraction of sp³-hybridized carbons (Fsp3) is 0.385. The minimum atomic E-state index is -0.215. The number of carbonyl (C=O) groups excluding carboxylic acids is 2. The van der Waals surface area contributed by atoms with E-state index in [-0.39, 0.29) is 17.5 Å². The minimum absolute atomic E-state index is 0.00480. The molecule has 0 bridgehead atoms. The second-order valence-electron chi connectivity index (χ2n) is 7.68. The summed E-state index contributed by atoms with van der Waals surface area (Å²) < 4.78 is 5.46. The van der Waals surface area contributed by atoms with Gasteiger partial charge in [0.1, 0.15) is 0 Å². The van der Waals surface area contributed by atoms with Crippen LogP contribution in [0.3, 0.4) is 0 Å². The van der Waals surface area contributed by atoms with Crippen LogP contribution in [-0.2, 0) is 9.53 Å². The van der Waals surface area contributed by atoms with Crippen LogP contribution in [0.15, 0.2) is 54.6 Å². The second kappa shape index (κ2) is 11.2. The molecule has 158 valence electrons. The zero-order chi connectivity index (χ0) is 21.3. The molecule has 3 rings (SSSR count). The SMILES string of the molecule is CCCCC(CC)COC(=O)CCSC(=O)c1c2ccccc2cc2ccccc12. The average molecular weight is 423 g/mol. The second-order valence-corrected chi connectivity index (χ2v) is 8.75. The maximum Gasteiger partial charge on any atom is 0.306 e. The predicted octanol–water partition coefficient (Wildman–Crippen LogP) is 7.02. The Hall–Kier alpha value is -2.33. The third kappa shape index (κ3) is 5.63. The summed E-state index contributed by atoms with van der Waals surface area (Å²) in [5.74, 6) is 0.652. The van der Waals surface area contributed by atoms with Crippen molar-refractivity contribution < 1.29 is 14.3 Å². The highest BCUT2D eigenvalue weighted by Gasteiger charge is 2.16. The molecule has 0 amide bonds. The Kier molecular flexibility index (Phi) is 8.32. The molecule has 1 atom stereocenters. The quantitative estimate of drug-likeness (QED) is 0.260. The first-order valence-corrected chi connectivity index (χ1v) is 11.9. The Balaban J connectivity index is 1.62. The number of hydrogen-bond donors (Lipinski definition) is 0. The van der Waals surface area contributed by atoms with Gasteiger partial charge in [0.15, 0.2) is 0 Å². The first kappa shape index (κ1) is 22.4. The normalized spacial score (nSPS) is 12.2. The number of benzene rings is 3. The van der Waals surface area contributed by atoms with Crippen LogP contribution in [0.4, 0.5) is 0 Å². The molecule has 0 aromatic heterocycles. The smallest absolute Gasteiger partial charge is 0.306 e. The maximum absolute atomic E-state index is 13.1. The fourth-order valence-corrected chi connectivity index (χ4v) is 4.53. The molecule has 0 fully saturated rings.